The lowest BCUT2D eigenvalue weighted by Crippen LogP contribution is -2.70. The second-order valence-corrected chi connectivity index (χ2v) is 20.7. The van der Waals surface area contributed by atoms with Crippen molar-refractivity contribution in [1.82, 2.24) is 30.6 Å². The Balaban J connectivity index is 1.09. The molecule has 3 aliphatic carbocycles. The monoisotopic (exact) mass is 854 g/mol. The average molecular weight is 855 g/mol. The lowest BCUT2D eigenvalue weighted by molar-refractivity contribution is -0.144. The molecule has 61 heavy (non-hydrogen) atoms. The van der Waals surface area contributed by atoms with Gasteiger partial charge in [-0.2, -0.15) is 0 Å². The number of amides is 5. The van der Waals surface area contributed by atoms with E-state index in [9.17, 15) is 22.4 Å². The Morgan fingerprint density at radius 1 is 0.934 bits per heavy atom. The van der Waals surface area contributed by atoms with Gasteiger partial charge in [-0.15, -0.1) is 0 Å². The predicted octanol–water partition coefficient (Wildman–Crippen LogP) is 6.10. The molecule has 4 fully saturated rings. The lowest BCUT2D eigenvalue weighted by Gasteiger charge is -2.48. The molecule has 5 unspecified atom stereocenters. The molecule has 3 aromatic rings. The lowest BCUT2D eigenvalue weighted by atomic mass is 9.65. The molecule has 6 aliphatic rings. The Labute approximate surface area is 356 Å². The fourth-order valence-corrected chi connectivity index (χ4v) is 11.5. The minimum atomic E-state index is -4.03. The fraction of sp³-hybridized carbons (Fsp3) is 0.543. The zero-order valence-electron chi connectivity index (χ0n) is 34.6. The van der Waals surface area contributed by atoms with Gasteiger partial charge in [0.2, 0.25) is 21.8 Å². The molecule has 4 N–H and O–H groups in total. The number of benzene rings is 2. The number of fused-ring (bicyclic) bond motifs is 5. The second-order valence-electron chi connectivity index (χ2n) is 18.5. The van der Waals surface area contributed by atoms with Crippen LogP contribution in [0.5, 0.6) is 5.75 Å². The molecule has 3 aliphatic heterocycles. The van der Waals surface area contributed by atoms with Gasteiger partial charge in [0.1, 0.15) is 40.5 Å². The Hall–Kier alpha value is -5.05. The number of para-hydroxylation sites is 1. The number of rotatable bonds is 6. The Bertz CT molecular complexity index is 2400. The van der Waals surface area contributed by atoms with Crippen LogP contribution in [-0.4, -0.2) is 82.6 Å². The zero-order valence-corrected chi connectivity index (χ0v) is 35.5. The fourth-order valence-electron chi connectivity index (χ4n) is 10.1. The molecule has 1 aromatic heterocycles. The number of carbonyl (C=O) groups is 4. The van der Waals surface area contributed by atoms with E-state index in [-0.39, 0.29) is 25.4 Å². The van der Waals surface area contributed by atoms with Crippen LogP contribution in [0.1, 0.15) is 109 Å². The number of hydrogen-bond acceptors (Lipinski definition) is 8. The Morgan fingerprint density at radius 2 is 1.72 bits per heavy atom. The van der Waals surface area contributed by atoms with Gasteiger partial charge in [-0.1, -0.05) is 68.2 Å². The van der Waals surface area contributed by atoms with Gasteiger partial charge in [-0.3, -0.25) is 19.1 Å². The van der Waals surface area contributed by atoms with Crippen LogP contribution < -0.4 is 25.4 Å². The first-order valence-corrected chi connectivity index (χ1v) is 23.6. The molecule has 3 saturated carbocycles. The first-order valence-electron chi connectivity index (χ1n) is 22.1. The number of sulfonamides is 1. The Morgan fingerprint density at radius 3 is 2.48 bits per heavy atom. The molecular formula is C46H55FN6O7S. The van der Waals surface area contributed by atoms with Crippen molar-refractivity contribution in [2.24, 2.45) is 5.92 Å². The van der Waals surface area contributed by atoms with Gasteiger partial charge in [0.05, 0.1) is 16.8 Å². The van der Waals surface area contributed by atoms with E-state index < -0.39 is 73.5 Å². The van der Waals surface area contributed by atoms with E-state index in [1.54, 1.807) is 19.1 Å². The number of hydrogen-bond donors (Lipinski definition) is 4. The van der Waals surface area contributed by atoms with Crippen LogP contribution in [0.2, 0.25) is 0 Å². The molecule has 4 heterocycles. The maximum atomic E-state index is 15.1. The number of nitrogens with one attached hydrogen (secondary N) is 4. The van der Waals surface area contributed by atoms with Gasteiger partial charge in [0.15, 0.2) is 0 Å². The summed E-state index contributed by atoms with van der Waals surface area (Å²) in [7, 11) is -4.03. The molecule has 15 heteroatoms. The summed E-state index contributed by atoms with van der Waals surface area (Å²) >= 11 is 0. The van der Waals surface area contributed by atoms with E-state index in [1.165, 1.54) is 17.0 Å². The summed E-state index contributed by atoms with van der Waals surface area (Å²) in [5, 5.41) is 9.93. The SMILES string of the molecule is CC1(S(=O)(=O)NC(=O)C23CCC2C=CCCCCCC(NC(=O)NC2CCCC2)C(=O)N2CC4(CCc5c(c(-c6cccc(F)c6)nc6ccccc56)O4)CC2C(=O)N3)CC1. The van der Waals surface area contributed by atoms with Crippen molar-refractivity contribution in [3.8, 4) is 17.0 Å². The number of aromatic nitrogens is 1. The Kier molecular flexibility index (Phi) is 10.8. The summed E-state index contributed by atoms with van der Waals surface area (Å²) in [4.78, 5) is 64.3. The predicted molar refractivity (Wildman–Crippen MR) is 227 cm³/mol. The maximum absolute atomic E-state index is 15.1. The van der Waals surface area contributed by atoms with Gasteiger partial charge in [0.25, 0.3) is 5.91 Å². The maximum Gasteiger partial charge on any atom is 0.315 e. The number of nitrogens with zero attached hydrogens (tertiary/aromatic N) is 2. The van der Waals surface area contributed by atoms with Crippen molar-refractivity contribution in [3.63, 3.8) is 0 Å². The molecule has 9 rings (SSSR count). The number of allylic oxidation sites excluding steroid dienone is 1. The molecule has 0 radical (unpaired) electrons. The van der Waals surface area contributed by atoms with E-state index >= 15 is 9.59 Å². The highest BCUT2D eigenvalue weighted by Crippen LogP contribution is 2.49. The number of aryl methyl sites for hydroxylation is 1. The van der Waals surface area contributed by atoms with E-state index in [0.717, 1.165) is 55.0 Å². The first-order chi connectivity index (χ1) is 29.3. The minimum absolute atomic E-state index is 0.00351. The summed E-state index contributed by atoms with van der Waals surface area (Å²) in [5.74, 6) is -2.27. The van der Waals surface area contributed by atoms with E-state index in [0.29, 0.717) is 68.4 Å². The molecule has 2 aromatic carbocycles. The van der Waals surface area contributed by atoms with Crippen molar-refractivity contribution >= 4 is 44.7 Å². The molecule has 324 valence electrons. The van der Waals surface area contributed by atoms with Crippen LogP contribution in [-0.2, 0) is 30.8 Å². The molecule has 0 bridgehead atoms. The highest BCUT2D eigenvalue weighted by atomic mass is 32.2. The third kappa shape index (κ3) is 7.87. The second kappa shape index (κ2) is 16.0. The van der Waals surface area contributed by atoms with Crippen LogP contribution in [0.25, 0.3) is 22.2 Å². The summed E-state index contributed by atoms with van der Waals surface area (Å²) < 4.78 is 49.9. The summed E-state index contributed by atoms with van der Waals surface area (Å²) in [6.45, 7) is 1.60. The molecule has 5 atom stereocenters. The third-order valence-corrected chi connectivity index (χ3v) is 16.4. The van der Waals surface area contributed by atoms with Crippen molar-refractivity contribution in [1.29, 1.82) is 0 Å². The van der Waals surface area contributed by atoms with Crippen LogP contribution in [0.4, 0.5) is 9.18 Å². The van der Waals surface area contributed by atoms with Gasteiger partial charge >= 0.3 is 6.03 Å². The van der Waals surface area contributed by atoms with Gasteiger partial charge in [-0.25, -0.2) is 22.6 Å². The topological polar surface area (TPSA) is 176 Å². The normalized spacial score (nSPS) is 28.9. The minimum Gasteiger partial charge on any atom is -0.483 e. The van der Waals surface area contributed by atoms with E-state index in [4.69, 9.17) is 9.72 Å². The largest absolute Gasteiger partial charge is 0.483 e. The standard InChI is InChI=1S/C46H55FN6O7S/c1-44(24-25-44)61(58,59)52-42(56)46-23-20-30(46)13-5-3-2-4-6-19-36(50-43(57)48-32-15-7-8-16-32)41(55)53-28-45(27-37(53)40(54)51-46)22-21-34-33-17-9-10-18-35(33)49-38(39(34)60-45)29-12-11-14-31(47)26-29/h5,9-14,17-18,26,30,32,36-37H,2-4,6-8,15-16,19-25,27-28H2,1H3,(H,51,54)(H,52,56)(H2,48,50,57). The van der Waals surface area contributed by atoms with Gasteiger partial charge in [-0.05, 0) is 95.8 Å². The van der Waals surface area contributed by atoms with Gasteiger partial charge in [0, 0.05) is 34.9 Å². The smallest absolute Gasteiger partial charge is 0.315 e. The third-order valence-electron chi connectivity index (χ3n) is 14.3. The van der Waals surface area contributed by atoms with Crippen LogP contribution in [0.15, 0.2) is 60.7 Å². The highest BCUT2D eigenvalue weighted by molar-refractivity contribution is 7.91. The quantitative estimate of drug-likeness (QED) is 0.215. The number of ether oxygens (including phenoxy) is 1. The zero-order chi connectivity index (χ0) is 42.6. The molecule has 1 spiro atoms. The molecule has 13 nitrogen and oxygen atoms in total. The average Bonchev–Trinajstić information content (AvgIpc) is 3.61. The molecule has 5 amide bonds. The molecule has 1 saturated heterocycles. The summed E-state index contributed by atoms with van der Waals surface area (Å²) in [6.07, 6.45) is 13.6. The number of urea groups is 1. The van der Waals surface area contributed by atoms with Crippen molar-refractivity contribution in [3.05, 3.63) is 72.1 Å². The number of pyridine rings is 1. The molecular weight excluding hydrogens is 800 g/mol. The van der Waals surface area contributed by atoms with Crippen LogP contribution >= 0.6 is 0 Å². The summed E-state index contributed by atoms with van der Waals surface area (Å²) in [6, 6.07) is 11.3. The van der Waals surface area contributed by atoms with Crippen molar-refractivity contribution < 1.29 is 36.7 Å². The number of halogens is 1. The number of carbonyl (C=O) groups excluding carboxylic acids is 4. The van der Waals surface area contributed by atoms with E-state index in [1.807, 2.05) is 36.4 Å². The van der Waals surface area contributed by atoms with Crippen molar-refractivity contribution in [2.45, 2.75) is 144 Å². The van der Waals surface area contributed by atoms with E-state index in [2.05, 4.69) is 20.7 Å². The first kappa shape index (κ1) is 41.3. The summed E-state index contributed by atoms with van der Waals surface area (Å²) in [5.41, 5.74) is -0.0840. The van der Waals surface area contributed by atoms with Crippen molar-refractivity contribution in [2.75, 3.05) is 6.54 Å². The van der Waals surface area contributed by atoms with Crippen LogP contribution in [0.3, 0.4) is 0 Å². The highest BCUT2D eigenvalue weighted by Gasteiger charge is 2.59. The van der Waals surface area contributed by atoms with Gasteiger partial charge < -0.3 is 25.6 Å². The van der Waals surface area contributed by atoms with Crippen LogP contribution in [0, 0.1) is 11.7 Å².